The van der Waals surface area contributed by atoms with Gasteiger partial charge >= 0.3 is 0 Å². The molecule has 11 heteroatoms. The molecule has 0 saturated heterocycles. The van der Waals surface area contributed by atoms with Crippen LogP contribution in [0.4, 0.5) is 0 Å². The SMILES string of the molecule is CCCC[C@H](NC[C@H](CC(C)C)NC(=O)[C@H](CCC)NC(=O)[C@@H](NC(=O)c1cc[n+]([O-])cc1)[C@@H](C)CC)C(=O)NCC. The molecule has 42 heavy (non-hydrogen) atoms. The van der Waals surface area contributed by atoms with Crippen molar-refractivity contribution in [2.75, 3.05) is 13.1 Å². The summed E-state index contributed by atoms with van der Waals surface area (Å²) >= 11 is 0. The maximum absolute atomic E-state index is 13.5. The highest BCUT2D eigenvalue weighted by atomic mass is 16.5. The van der Waals surface area contributed by atoms with Crippen LogP contribution in [-0.2, 0) is 14.4 Å². The molecule has 5 atom stereocenters. The van der Waals surface area contributed by atoms with Crippen LogP contribution in [-0.4, -0.2) is 60.9 Å². The van der Waals surface area contributed by atoms with Gasteiger partial charge in [0, 0.05) is 31.3 Å². The van der Waals surface area contributed by atoms with Crippen molar-refractivity contribution in [3.8, 4) is 0 Å². The predicted octanol–water partition coefficient (Wildman–Crippen LogP) is 2.56. The Bertz CT molecular complexity index is 971. The summed E-state index contributed by atoms with van der Waals surface area (Å²) in [4.78, 5) is 52.4. The van der Waals surface area contributed by atoms with E-state index in [9.17, 15) is 24.4 Å². The number of hydrogen-bond donors (Lipinski definition) is 5. The van der Waals surface area contributed by atoms with Gasteiger partial charge in [0.05, 0.1) is 11.6 Å². The average Bonchev–Trinajstić information content (AvgIpc) is 2.95. The second-order valence-corrected chi connectivity index (χ2v) is 11.5. The van der Waals surface area contributed by atoms with Crippen molar-refractivity contribution in [1.29, 1.82) is 0 Å². The van der Waals surface area contributed by atoms with Crippen LogP contribution in [0.15, 0.2) is 24.5 Å². The van der Waals surface area contributed by atoms with Crippen LogP contribution in [0.2, 0.25) is 0 Å². The van der Waals surface area contributed by atoms with Gasteiger partial charge in [-0.05, 0) is 38.0 Å². The molecule has 0 aliphatic carbocycles. The van der Waals surface area contributed by atoms with Gasteiger partial charge in [0.25, 0.3) is 5.91 Å². The molecule has 0 bridgehead atoms. The Labute approximate surface area is 251 Å². The molecular weight excluding hydrogens is 536 g/mol. The van der Waals surface area contributed by atoms with Crippen molar-refractivity contribution in [3.05, 3.63) is 35.3 Å². The van der Waals surface area contributed by atoms with Crippen LogP contribution in [0.3, 0.4) is 0 Å². The van der Waals surface area contributed by atoms with Gasteiger partial charge in [-0.25, -0.2) is 0 Å². The Balaban J connectivity index is 3.01. The zero-order valence-corrected chi connectivity index (χ0v) is 26.6. The molecule has 0 spiro atoms. The lowest BCUT2D eigenvalue weighted by atomic mass is 9.97. The van der Waals surface area contributed by atoms with E-state index in [1.54, 1.807) is 0 Å². The number of unbranched alkanes of at least 4 members (excludes halogenated alkanes) is 1. The molecule has 1 rings (SSSR count). The van der Waals surface area contributed by atoms with Crippen LogP contribution in [0.25, 0.3) is 0 Å². The minimum absolute atomic E-state index is 0.0439. The van der Waals surface area contributed by atoms with Crippen LogP contribution >= 0.6 is 0 Å². The summed E-state index contributed by atoms with van der Waals surface area (Å²) in [6, 6.07) is 0.561. The highest BCUT2D eigenvalue weighted by Gasteiger charge is 2.31. The number of likely N-dealkylation sites (N-methyl/N-ethyl adjacent to an activating group) is 1. The molecule has 0 aliphatic rings. The molecule has 0 saturated carbocycles. The first-order valence-electron chi connectivity index (χ1n) is 15.6. The third kappa shape index (κ3) is 13.2. The molecule has 1 aromatic heterocycles. The lowest BCUT2D eigenvalue weighted by Gasteiger charge is -2.29. The number of hydrogen-bond acceptors (Lipinski definition) is 6. The van der Waals surface area contributed by atoms with E-state index in [-0.39, 0.29) is 35.4 Å². The number of amides is 4. The molecule has 0 aromatic carbocycles. The minimum Gasteiger partial charge on any atom is -0.619 e. The van der Waals surface area contributed by atoms with E-state index in [4.69, 9.17) is 0 Å². The zero-order valence-electron chi connectivity index (χ0n) is 26.6. The third-order valence-corrected chi connectivity index (χ3v) is 7.28. The van der Waals surface area contributed by atoms with Gasteiger partial charge in [0.15, 0.2) is 12.4 Å². The van der Waals surface area contributed by atoms with E-state index in [1.165, 1.54) is 24.5 Å². The molecule has 1 aromatic rings. The normalized spacial score (nSPS) is 14.8. The molecule has 11 nitrogen and oxygen atoms in total. The van der Waals surface area contributed by atoms with Gasteiger partial charge in [-0.15, -0.1) is 0 Å². The molecule has 0 unspecified atom stereocenters. The molecule has 4 amide bonds. The molecule has 0 radical (unpaired) electrons. The van der Waals surface area contributed by atoms with Crippen molar-refractivity contribution >= 4 is 23.6 Å². The summed E-state index contributed by atoms with van der Waals surface area (Å²) in [6.45, 7) is 14.8. The maximum atomic E-state index is 13.5. The van der Waals surface area contributed by atoms with Gasteiger partial charge in [0.1, 0.15) is 12.1 Å². The number of carbonyl (C=O) groups is 4. The number of nitrogens with zero attached hydrogens (tertiary/aromatic N) is 1. The van der Waals surface area contributed by atoms with E-state index in [0.29, 0.717) is 55.8 Å². The first-order valence-corrected chi connectivity index (χ1v) is 15.6. The summed E-state index contributed by atoms with van der Waals surface area (Å²) in [5.41, 5.74) is 0.264. The Morgan fingerprint density at radius 3 is 2.05 bits per heavy atom. The van der Waals surface area contributed by atoms with Crippen molar-refractivity contribution in [3.63, 3.8) is 0 Å². The Morgan fingerprint density at radius 1 is 0.833 bits per heavy atom. The topological polar surface area (TPSA) is 155 Å². The van der Waals surface area contributed by atoms with Crippen LogP contribution in [0.1, 0.15) is 104 Å². The second-order valence-electron chi connectivity index (χ2n) is 11.5. The highest BCUT2D eigenvalue weighted by Crippen LogP contribution is 2.12. The van der Waals surface area contributed by atoms with Crippen molar-refractivity contribution in [1.82, 2.24) is 26.6 Å². The maximum Gasteiger partial charge on any atom is 0.252 e. The number of aromatic nitrogens is 1. The first kappa shape index (κ1) is 36.8. The van der Waals surface area contributed by atoms with Crippen molar-refractivity contribution in [2.24, 2.45) is 11.8 Å². The van der Waals surface area contributed by atoms with Gasteiger partial charge in [0.2, 0.25) is 17.7 Å². The number of pyridine rings is 1. The monoisotopic (exact) mass is 590 g/mol. The third-order valence-electron chi connectivity index (χ3n) is 7.28. The summed E-state index contributed by atoms with van der Waals surface area (Å²) in [7, 11) is 0. The van der Waals surface area contributed by atoms with Crippen LogP contribution in [0, 0.1) is 17.0 Å². The largest absolute Gasteiger partial charge is 0.619 e. The minimum atomic E-state index is -0.862. The summed E-state index contributed by atoms with van der Waals surface area (Å²) in [6.07, 6.45) is 7.48. The van der Waals surface area contributed by atoms with E-state index in [1.807, 2.05) is 27.7 Å². The van der Waals surface area contributed by atoms with Crippen LogP contribution < -0.4 is 31.3 Å². The fourth-order valence-electron chi connectivity index (χ4n) is 4.69. The van der Waals surface area contributed by atoms with E-state index in [0.717, 1.165) is 12.8 Å². The van der Waals surface area contributed by atoms with Gasteiger partial charge < -0.3 is 31.8 Å². The molecule has 0 fully saturated rings. The lowest BCUT2D eigenvalue weighted by Crippen LogP contribution is -2.57. The van der Waals surface area contributed by atoms with Gasteiger partial charge in [-0.3, -0.25) is 19.2 Å². The fraction of sp³-hybridized carbons (Fsp3) is 0.710. The van der Waals surface area contributed by atoms with Gasteiger partial charge in [-0.1, -0.05) is 67.2 Å². The Hall–Kier alpha value is -3.21. The fourth-order valence-corrected chi connectivity index (χ4v) is 4.69. The molecule has 1 heterocycles. The average molecular weight is 591 g/mol. The van der Waals surface area contributed by atoms with Crippen LogP contribution in [0.5, 0.6) is 0 Å². The summed E-state index contributed by atoms with van der Waals surface area (Å²) < 4.78 is 0.580. The molecule has 5 N–H and O–H groups in total. The Kier molecular flexibility index (Phi) is 17.4. The Morgan fingerprint density at radius 2 is 1.50 bits per heavy atom. The lowest BCUT2D eigenvalue weighted by molar-refractivity contribution is -0.605. The standard InChI is InChI=1S/C31H54N6O5/c1-8-12-14-25(29(39)32-11-4)33-20-24(19-21(5)6)34-30(40)26(13-9-2)35-31(41)27(22(7)10-3)36-28(38)23-15-17-37(42)18-16-23/h15-18,21-22,24-27,33H,8-14,19-20H2,1-7H3,(H,32,39)(H,34,40)(H,35,41)(H,36,38)/t22-,24-,25-,26-,27-/m0/s1. The highest BCUT2D eigenvalue weighted by molar-refractivity contribution is 5.98. The number of carbonyl (C=O) groups excluding carboxylic acids is 4. The van der Waals surface area contributed by atoms with E-state index in [2.05, 4.69) is 47.4 Å². The second kappa shape index (κ2) is 19.8. The van der Waals surface area contributed by atoms with E-state index >= 15 is 0 Å². The van der Waals surface area contributed by atoms with Crippen molar-refractivity contribution < 1.29 is 23.9 Å². The van der Waals surface area contributed by atoms with E-state index < -0.39 is 23.9 Å². The zero-order chi connectivity index (χ0) is 31.7. The summed E-state index contributed by atoms with van der Waals surface area (Å²) in [5, 5.41) is 26.4. The quantitative estimate of drug-likeness (QED) is 0.116. The molecule has 0 aliphatic heterocycles. The molecule has 238 valence electrons. The first-order chi connectivity index (χ1) is 20.0. The number of nitrogens with one attached hydrogen (secondary N) is 5. The summed E-state index contributed by atoms with van der Waals surface area (Å²) in [5.74, 6) is -1.14. The predicted molar refractivity (Wildman–Crippen MR) is 164 cm³/mol. The van der Waals surface area contributed by atoms with Crippen molar-refractivity contribution in [2.45, 2.75) is 118 Å². The number of rotatable bonds is 20. The van der Waals surface area contributed by atoms with Gasteiger partial charge in [-0.2, -0.15) is 4.73 Å². The molecular formula is C31H54N6O5. The smallest absolute Gasteiger partial charge is 0.252 e.